The number of likely N-dealkylation sites (N-methyl/N-ethyl adjacent to an activating group) is 1. The van der Waals surface area contributed by atoms with Crippen LogP contribution < -0.4 is 0 Å². The number of carbonyl (C=O) groups excluding carboxylic acids is 1. The highest BCUT2D eigenvalue weighted by atomic mass is 16.2. The zero-order valence-electron chi connectivity index (χ0n) is 11.9. The monoisotopic (exact) mass is 267 g/mol. The lowest BCUT2D eigenvalue weighted by molar-refractivity contribution is -0.124. The van der Waals surface area contributed by atoms with E-state index < -0.39 is 0 Å². The molecule has 0 unspecified atom stereocenters. The second-order valence-corrected chi connectivity index (χ2v) is 4.76. The van der Waals surface area contributed by atoms with E-state index in [0.29, 0.717) is 0 Å². The predicted octanol–water partition coefficient (Wildman–Crippen LogP) is 2.66. The van der Waals surface area contributed by atoms with Gasteiger partial charge in [-0.1, -0.05) is 18.2 Å². The molecule has 0 fully saturated rings. The average molecular weight is 267 g/mol. The van der Waals surface area contributed by atoms with Crippen LogP contribution in [0.25, 0.3) is 17.0 Å². The zero-order valence-corrected chi connectivity index (χ0v) is 11.9. The molecule has 4 heteroatoms. The van der Waals surface area contributed by atoms with E-state index in [1.807, 2.05) is 36.5 Å². The summed E-state index contributed by atoms with van der Waals surface area (Å²) in [6.45, 7) is 2.91. The number of benzene rings is 1. The predicted molar refractivity (Wildman–Crippen MR) is 79.9 cm³/mol. The Bertz CT molecular complexity index is 717. The third-order valence-corrected chi connectivity index (χ3v) is 3.22. The minimum atomic E-state index is -0.277. The van der Waals surface area contributed by atoms with Crippen LogP contribution in [-0.4, -0.2) is 29.5 Å². The topological polar surface area (TPSA) is 49.0 Å². The van der Waals surface area contributed by atoms with Gasteiger partial charge in [0.25, 0.3) is 5.91 Å². The van der Waals surface area contributed by atoms with E-state index in [1.54, 1.807) is 20.2 Å². The molecule has 2 rings (SSSR count). The lowest BCUT2D eigenvalue weighted by Gasteiger charge is -2.08. The van der Waals surface area contributed by atoms with Crippen LogP contribution in [0.5, 0.6) is 0 Å². The maximum absolute atomic E-state index is 11.9. The Morgan fingerprint density at radius 2 is 2.10 bits per heavy atom. The minimum Gasteiger partial charge on any atom is -0.347 e. The largest absolute Gasteiger partial charge is 0.347 e. The number of fused-ring (bicyclic) bond motifs is 1. The molecule has 0 bridgehead atoms. The van der Waals surface area contributed by atoms with Crippen LogP contribution in [0.15, 0.2) is 36.0 Å². The zero-order chi connectivity index (χ0) is 14.7. The maximum atomic E-state index is 11.9. The molecule has 1 heterocycles. The molecule has 0 atom stereocenters. The van der Waals surface area contributed by atoms with Crippen molar-refractivity contribution in [3.05, 3.63) is 41.6 Å². The first-order valence-corrected chi connectivity index (χ1v) is 6.49. The summed E-state index contributed by atoms with van der Waals surface area (Å²) in [4.78, 5) is 13.3. The van der Waals surface area contributed by atoms with Crippen molar-refractivity contribution >= 4 is 22.9 Å². The summed E-state index contributed by atoms with van der Waals surface area (Å²) in [6.07, 6.45) is 3.64. The smallest absolute Gasteiger partial charge is 0.264 e. The summed E-state index contributed by atoms with van der Waals surface area (Å²) >= 11 is 0. The van der Waals surface area contributed by atoms with Gasteiger partial charge in [0.05, 0.1) is 0 Å². The van der Waals surface area contributed by atoms with E-state index in [1.165, 1.54) is 4.90 Å². The highest BCUT2D eigenvalue weighted by Gasteiger charge is 2.13. The quantitative estimate of drug-likeness (QED) is 0.634. The number of carbonyl (C=O) groups is 1. The molecule has 0 radical (unpaired) electrons. The highest BCUT2D eigenvalue weighted by Crippen LogP contribution is 2.23. The highest BCUT2D eigenvalue weighted by molar-refractivity contribution is 6.03. The van der Waals surface area contributed by atoms with Crippen molar-refractivity contribution in [2.45, 2.75) is 13.5 Å². The standard InChI is InChI=1S/C16H17N3O/c1-4-19-11-13(14-7-5-6-8-15(14)19)9-12(10-17)16(20)18(2)3/h5-9,11H,4H2,1-3H3/b12-9-. The van der Waals surface area contributed by atoms with Gasteiger partial charge in [-0.2, -0.15) is 5.26 Å². The number of hydrogen-bond acceptors (Lipinski definition) is 2. The summed E-state index contributed by atoms with van der Waals surface area (Å²) in [5, 5.41) is 10.2. The molecule has 0 saturated heterocycles. The molecule has 4 nitrogen and oxygen atoms in total. The van der Waals surface area contributed by atoms with E-state index in [-0.39, 0.29) is 11.5 Å². The van der Waals surface area contributed by atoms with Crippen molar-refractivity contribution < 1.29 is 4.79 Å². The summed E-state index contributed by atoms with van der Waals surface area (Å²) in [6, 6.07) is 9.97. The molecule has 1 aromatic carbocycles. The van der Waals surface area contributed by atoms with Gasteiger partial charge in [0.2, 0.25) is 0 Å². The van der Waals surface area contributed by atoms with Crippen molar-refractivity contribution in [1.29, 1.82) is 5.26 Å². The first-order valence-electron chi connectivity index (χ1n) is 6.49. The number of nitrogens with zero attached hydrogens (tertiary/aromatic N) is 3. The van der Waals surface area contributed by atoms with E-state index in [4.69, 9.17) is 0 Å². The van der Waals surface area contributed by atoms with Crippen molar-refractivity contribution in [2.24, 2.45) is 0 Å². The fourth-order valence-electron chi connectivity index (χ4n) is 2.19. The molecule has 102 valence electrons. The number of hydrogen-bond donors (Lipinski definition) is 0. The Balaban J connectivity index is 2.59. The van der Waals surface area contributed by atoms with Crippen LogP contribution in [-0.2, 0) is 11.3 Å². The second-order valence-electron chi connectivity index (χ2n) is 4.76. The summed E-state index contributed by atoms with van der Waals surface area (Å²) in [5.74, 6) is -0.277. The first-order chi connectivity index (χ1) is 9.58. The van der Waals surface area contributed by atoms with Gasteiger partial charge in [0, 0.05) is 43.3 Å². The van der Waals surface area contributed by atoms with Gasteiger partial charge < -0.3 is 9.47 Å². The molecule has 0 spiro atoms. The number of aryl methyl sites for hydroxylation is 1. The van der Waals surface area contributed by atoms with Crippen LogP contribution in [0, 0.1) is 11.3 Å². The van der Waals surface area contributed by atoms with Gasteiger partial charge in [-0.25, -0.2) is 0 Å². The molecule has 20 heavy (non-hydrogen) atoms. The molecule has 1 aromatic heterocycles. The molecule has 0 N–H and O–H groups in total. The molecular formula is C16H17N3O. The number of aromatic nitrogens is 1. The van der Waals surface area contributed by atoms with Gasteiger partial charge in [-0.15, -0.1) is 0 Å². The van der Waals surface area contributed by atoms with Gasteiger partial charge in [0.1, 0.15) is 11.6 Å². The van der Waals surface area contributed by atoms with Crippen LogP contribution >= 0.6 is 0 Å². The maximum Gasteiger partial charge on any atom is 0.264 e. The van der Waals surface area contributed by atoms with Crippen LogP contribution in [0.3, 0.4) is 0 Å². The summed E-state index contributed by atoms with van der Waals surface area (Å²) in [7, 11) is 3.28. The summed E-state index contributed by atoms with van der Waals surface area (Å²) < 4.78 is 2.11. The van der Waals surface area contributed by atoms with Crippen LogP contribution in [0.4, 0.5) is 0 Å². The van der Waals surface area contributed by atoms with E-state index in [2.05, 4.69) is 11.5 Å². The molecule has 1 amide bonds. The van der Waals surface area contributed by atoms with Crippen molar-refractivity contribution in [2.75, 3.05) is 14.1 Å². The molecule has 0 aliphatic rings. The van der Waals surface area contributed by atoms with Gasteiger partial charge in [0.15, 0.2) is 0 Å². The first kappa shape index (κ1) is 13.9. The molecular weight excluding hydrogens is 250 g/mol. The Labute approximate surface area is 118 Å². The number of nitriles is 1. The fourth-order valence-corrected chi connectivity index (χ4v) is 2.19. The van der Waals surface area contributed by atoms with Gasteiger partial charge in [-0.05, 0) is 19.1 Å². The van der Waals surface area contributed by atoms with E-state index in [0.717, 1.165) is 23.0 Å². The number of amides is 1. The third kappa shape index (κ3) is 2.43. The van der Waals surface area contributed by atoms with Gasteiger partial charge >= 0.3 is 0 Å². The normalized spacial score (nSPS) is 11.4. The van der Waals surface area contributed by atoms with Gasteiger partial charge in [-0.3, -0.25) is 4.79 Å². The van der Waals surface area contributed by atoms with E-state index >= 15 is 0 Å². The minimum absolute atomic E-state index is 0.147. The Morgan fingerprint density at radius 3 is 2.70 bits per heavy atom. The fraction of sp³-hybridized carbons (Fsp3) is 0.250. The van der Waals surface area contributed by atoms with E-state index in [9.17, 15) is 10.1 Å². The Kier molecular flexibility index (Phi) is 3.90. The van der Waals surface area contributed by atoms with Crippen LogP contribution in [0.2, 0.25) is 0 Å². The summed E-state index contributed by atoms with van der Waals surface area (Å²) in [5.41, 5.74) is 2.15. The number of rotatable bonds is 3. The SMILES string of the molecule is CCn1cc(/C=C(/C#N)C(=O)N(C)C)c2ccccc21. The van der Waals surface area contributed by atoms with Crippen molar-refractivity contribution in [3.63, 3.8) is 0 Å². The third-order valence-electron chi connectivity index (χ3n) is 3.22. The Hall–Kier alpha value is -2.54. The number of para-hydroxylation sites is 1. The van der Waals surface area contributed by atoms with Crippen molar-refractivity contribution in [1.82, 2.24) is 9.47 Å². The molecule has 0 saturated carbocycles. The Morgan fingerprint density at radius 1 is 1.40 bits per heavy atom. The second kappa shape index (κ2) is 5.62. The van der Waals surface area contributed by atoms with Crippen molar-refractivity contribution in [3.8, 4) is 6.07 Å². The lowest BCUT2D eigenvalue weighted by atomic mass is 10.1. The molecule has 0 aliphatic heterocycles. The lowest BCUT2D eigenvalue weighted by Crippen LogP contribution is -2.22. The van der Waals surface area contributed by atoms with Crippen LogP contribution in [0.1, 0.15) is 12.5 Å². The molecule has 0 aliphatic carbocycles. The molecule has 2 aromatic rings. The average Bonchev–Trinajstić information content (AvgIpc) is 2.82.